The molecule has 2 aromatic carbocycles. The maximum absolute atomic E-state index is 13.8. The molecule has 1 fully saturated rings. The second-order valence-electron chi connectivity index (χ2n) is 8.00. The zero-order chi connectivity index (χ0) is 25.7. The lowest BCUT2D eigenvalue weighted by Gasteiger charge is -2.22. The Hall–Kier alpha value is -2.64. The monoisotopic (exact) mass is 562 g/mol. The third-order valence-electron chi connectivity index (χ3n) is 5.46. The van der Waals surface area contributed by atoms with Gasteiger partial charge in [0.15, 0.2) is 6.04 Å². The van der Waals surface area contributed by atoms with Gasteiger partial charge in [0.25, 0.3) is 11.8 Å². The first-order valence-electron chi connectivity index (χ1n) is 9.91. The SMILES string of the molecule is N#CC1(NC(=O)c2cc3cc(C(=O)NC(c4cc(Cl)c(Cl)c(Cl)c4)C(F)(F)F)[nH]c3cc2Cl)CC1. The third-order valence-corrected chi connectivity index (χ3v) is 6.97. The summed E-state index contributed by atoms with van der Waals surface area (Å²) in [6, 6.07) is 5.58. The van der Waals surface area contributed by atoms with E-state index >= 15 is 0 Å². The summed E-state index contributed by atoms with van der Waals surface area (Å²) in [7, 11) is 0. The van der Waals surface area contributed by atoms with E-state index in [1.807, 2.05) is 11.4 Å². The molecule has 0 spiro atoms. The average Bonchev–Trinajstić information content (AvgIpc) is 3.42. The Kier molecular flexibility index (Phi) is 6.62. The first kappa shape index (κ1) is 25.5. The summed E-state index contributed by atoms with van der Waals surface area (Å²) in [5.74, 6) is -1.65. The fourth-order valence-electron chi connectivity index (χ4n) is 3.43. The topological polar surface area (TPSA) is 97.8 Å². The fraction of sp³-hybridized carbons (Fsp3) is 0.227. The van der Waals surface area contributed by atoms with E-state index in [2.05, 4.69) is 10.3 Å². The van der Waals surface area contributed by atoms with Crippen molar-refractivity contribution >= 4 is 69.1 Å². The summed E-state index contributed by atoms with van der Waals surface area (Å²) in [4.78, 5) is 28.0. The van der Waals surface area contributed by atoms with Gasteiger partial charge in [0, 0.05) is 10.9 Å². The number of halogens is 7. The Labute approximate surface area is 216 Å². The van der Waals surface area contributed by atoms with Gasteiger partial charge >= 0.3 is 6.18 Å². The number of carbonyl (C=O) groups is 2. The van der Waals surface area contributed by atoms with Gasteiger partial charge in [0.2, 0.25) is 0 Å². The molecule has 3 N–H and O–H groups in total. The molecule has 35 heavy (non-hydrogen) atoms. The summed E-state index contributed by atoms with van der Waals surface area (Å²) in [6.45, 7) is 0. The van der Waals surface area contributed by atoms with Crippen molar-refractivity contribution in [3.8, 4) is 6.07 Å². The number of hydrogen-bond donors (Lipinski definition) is 3. The lowest BCUT2D eigenvalue weighted by Crippen LogP contribution is -2.38. The maximum Gasteiger partial charge on any atom is 0.412 e. The second kappa shape index (κ2) is 9.10. The van der Waals surface area contributed by atoms with Crippen molar-refractivity contribution in [2.75, 3.05) is 0 Å². The highest BCUT2D eigenvalue weighted by molar-refractivity contribution is 6.48. The minimum atomic E-state index is -4.88. The molecular formula is C22H13Cl4F3N4O2. The second-order valence-corrected chi connectivity index (χ2v) is 9.60. The van der Waals surface area contributed by atoms with E-state index in [-0.39, 0.29) is 31.3 Å². The summed E-state index contributed by atoms with van der Waals surface area (Å²) in [5.41, 5.74) is -1.15. The maximum atomic E-state index is 13.8. The molecule has 4 rings (SSSR count). The molecule has 6 nitrogen and oxygen atoms in total. The predicted octanol–water partition coefficient (Wildman–Crippen LogP) is 6.60. The van der Waals surface area contributed by atoms with Gasteiger partial charge in [-0.1, -0.05) is 46.4 Å². The van der Waals surface area contributed by atoms with Crippen LogP contribution in [0.5, 0.6) is 0 Å². The van der Waals surface area contributed by atoms with Crippen LogP contribution in [0, 0.1) is 11.3 Å². The van der Waals surface area contributed by atoms with Crippen LogP contribution >= 0.6 is 46.4 Å². The lowest BCUT2D eigenvalue weighted by atomic mass is 10.1. The predicted molar refractivity (Wildman–Crippen MR) is 126 cm³/mol. The summed E-state index contributed by atoms with van der Waals surface area (Å²) >= 11 is 23.7. The Morgan fingerprint density at radius 1 is 1.00 bits per heavy atom. The number of H-pyrrole nitrogens is 1. The first-order chi connectivity index (χ1) is 16.3. The number of fused-ring (bicyclic) bond motifs is 1. The molecule has 0 bridgehead atoms. The molecule has 2 amide bonds. The number of carbonyl (C=O) groups excluding carboxylic acids is 2. The molecule has 1 aliphatic carbocycles. The van der Waals surface area contributed by atoms with Gasteiger partial charge in [-0.2, -0.15) is 18.4 Å². The number of amides is 2. The Morgan fingerprint density at radius 3 is 2.17 bits per heavy atom. The fourth-order valence-corrected chi connectivity index (χ4v) is 4.29. The van der Waals surface area contributed by atoms with Gasteiger partial charge in [-0.05, 0) is 48.7 Å². The number of aromatic nitrogens is 1. The van der Waals surface area contributed by atoms with Crippen LogP contribution in [-0.4, -0.2) is 28.5 Å². The van der Waals surface area contributed by atoms with Crippen molar-refractivity contribution in [3.05, 3.63) is 67.2 Å². The third kappa shape index (κ3) is 5.16. The molecule has 1 aliphatic rings. The molecule has 0 aliphatic heterocycles. The minimum Gasteiger partial charge on any atom is -0.350 e. The Bertz CT molecular complexity index is 1390. The Morgan fingerprint density at radius 2 is 1.63 bits per heavy atom. The van der Waals surface area contributed by atoms with E-state index in [1.165, 1.54) is 18.2 Å². The van der Waals surface area contributed by atoms with E-state index in [9.17, 15) is 22.8 Å². The lowest BCUT2D eigenvalue weighted by molar-refractivity contribution is -0.155. The standard InChI is InChI=1S/C22H13Cl4F3N4O2/c23-12-7-15-9(3-11(12)19(34)33-21(8-30)1-2-21)6-16(31-15)20(35)32-18(22(27,28)29)10-4-13(24)17(26)14(25)5-10/h3-7,18,31H,1-2H2,(H,32,35)(H,33,34). The number of alkyl halides is 3. The highest BCUT2D eigenvalue weighted by Crippen LogP contribution is 2.39. The molecule has 182 valence electrons. The number of aromatic amines is 1. The largest absolute Gasteiger partial charge is 0.412 e. The highest BCUT2D eigenvalue weighted by Gasteiger charge is 2.45. The first-order valence-corrected chi connectivity index (χ1v) is 11.4. The quantitative estimate of drug-likeness (QED) is 0.305. The van der Waals surface area contributed by atoms with Gasteiger partial charge in [-0.3, -0.25) is 9.59 Å². The van der Waals surface area contributed by atoms with Crippen molar-refractivity contribution in [2.45, 2.75) is 30.6 Å². The molecule has 1 saturated carbocycles. The summed E-state index contributed by atoms with van der Waals surface area (Å²) in [5, 5.41) is 13.6. The van der Waals surface area contributed by atoms with Gasteiger partial charge in [-0.25, -0.2) is 0 Å². The van der Waals surface area contributed by atoms with Crippen LogP contribution in [0.2, 0.25) is 20.1 Å². The Balaban J connectivity index is 1.62. The number of nitriles is 1. The number of benzene rings is 2. The van der Waals surface area contributed by atoms with E-state index < -0.39 is 35.1 Å². The average molecular weight is 564 g/mol. The van der Waals surface area contributed by atoms with Crippen molar-refractivity contribution < 1.29 is 22.8 Å². The number of nitrogens with one attached hydrogen (secondary N) is 3. The molecule has 13 heteroatoms. The van der Waals surface area contributed by atoms with Crippen LogP contribution in [0.25, 0.3) is 10.9 Å². The van der Waals surface area contributed by atoms with Crippen molar-refractivity contribution in [2.24, 2.45) is 0 Å². The van der Waals surface area contributed by atoms with Crippen LogP contribution in [0.15, 0.2) is 30.3 Å². The van der Waals surface area contributed by atoms with E-state index in [1.54, 1.807) is 0 Å². The molecular weight excluding hydrogens is 551 g/mol. The smallest absolute Gasteiger partial charge is 0.350 e. The van der Waals surface area contributed by atoms with Crippen molar-refractivity contribution in [3.63, 3.8) is 0 Å². The zero-order valence-corrected chi connectivity index (χ0v) is 20.3. The minimum absolute atomic E-state index is 0.0381. The zero-order valence-electron chi connectivity index (χ0n) is 17.3. The van der Waals surface area contributed by atoms with Crippen LogP contribution in [0.3, 0.4) is 0 Å². The van der Waals surface area contributed by atoms with Crippen LogP contribution in [0.1, 0.15) is 45.3 Å². The van der Waals surface area contributed by atoms with Gasteiger partial charge in [-0.15, -0.1) is 0 Å². The van der Waals surface area contributed by atoms with Gasteiger partial charge < -0.3 is 15.6 Å². The van der Waals surface area contributed by atoms with Gasteiger partial charge in [0.1, 0.15) is 11.2 Å². The number of nitrogens with zero attached hydrogens (tertiary/aromatic N) is 1. The van der Waals surface area contributed by atoms with Crippen LogP contribution in [0.4, 0.5) is 13.2 Å². The van der Waals surface area contributed by atoms with Gasteiger partial charge in [0.05, 0.1) is 31.7 Å². The van der Waals surface area contributed by atoms with Crippen molar-refractivity contribution in [1.29, 1.82) is 5.26 Å². The van der Waals surface area contributed by atoms with Crippen LogP contribution < -0.4 is 10.6 Å². The molecule has 3 aromatic rings. The van der Waals surface area contributed by atoms with E-state index in [4.69, 9.17) is 51.7 Å². The number of rotatable bonds is 5. The summed E-state index contributed by atoms with van der Waals surface area (Å²) in [6.07, 6.45) is -3.84. The van der Waals surface area contributed by atoms with Crippen LogP contribution in [-0.2, 0) is 0 Å². The molecule has 1 aromatic heterocycles. The summed E-state index contributed by atoms with van der Waals surface area (Å²) < 4.78 is 41.4. The molecule has 1 atom stereocenters. The van der Waals surface area contributed by atoms with E-state index in [0.29, 0.717) is 23.7 Å². The highest BCUT2D eigenvalue weighted by atomic mass is 35.5. The molecule has 1 unspecified atom stereocenters. The van der Waals surface area contributed by atoms with E-state index in [0.717, 1.165) is 12.1 Å². The van der Waals surface area contributed by atoms with Crippen molar-refractivity contribution in [1.82, 2.24) is 15.6 Å². The molecule has 1 heterocycles. The normalized spacial score (nSPS) is 15.4. The molecule has 0 saturated heterocycles. The molecule has 0 radical (unpaired) electrons. The number of hydrogen-bond acceptors (Lipinski definition) is 3.